The van der Waals surface area contributed by atoms with E-state index in [1.54, 1.807) is 7.05 Å². The Bertz CT molecular complexity index is 372. The summed E-state index contributed by atoms with van der Waals surface area (Å²) in [7, 11) is -1.35. The van der Waals surface area contributed by atoms with Crippen molar-refractivity contribution >= 4 is 28.2 Å². The highest BCUT2D eigenvalue weighted by Crippen LogP contribution is 2.32. The molecule has 1 rings (SSSR count). The van der Waals surface area contributed by atoms with Crippen LogP contribution in [0.2, 0.25) is 0 Å². The summed E-state index contributed by atoms with van der Waals surface area (Å²) in [6.07, 6.45) is 4.11. The predicted octanol–water partition coefficient (Wildman–Crippen LogP) is 0.286. The molecule has 2 N–H and O–H groups in total. The van der Waals surface area contributed by atoms with Gasteiger partial charge in [0.05, 0.1) is 5.75 Å². The fourth-order valence-corrected chi connectivity index (χ4v) is 2.95. The molecule has 0 aromatic rings. The van der Waals surface area contributed by atoms with E-state index in [0.29, 0.717) is 6.54 Å². The smallest absolute Gasteiger partial charge is 0.225 e. The summed E-state index contributed by atoms with van der Waals surface area (Å²) >= 11 is 0. The molecule has 7 heteroatoms. The standard InChI is InChI=1S/C11H22N2O3S.ClH/c1-13(6-7-17(2,15)16)11(14)10-5-3-4-9(10)8-12;/h9-10H,3-8,12H2,1-2H3;1H/t9-,10-;/m1./s1. The summed E-state index contributed by atoms with van der Waals surface area (Å²) in [6, 6.07) is 0. The van der Waals surface area contributed by atoms with E-state index in [2.05, 4.69) is 0 Å². The van der Waals surface area contributed by atoms with Gasteiger partial charge in [0.2, 0.25) is 5.91 Å². The van der Waals surface area contributed by atoms with Gasteiger partial charge in [-0.1, -0.05) is 6.42 Å². The molecule has 0 heterocycles. The second-order valence-electron chi connectivity index (χ2n) is 4.92. The molecule has 1 amide bonds. The van der Waals surface area contributed by atoms with Crippen LogP contribution in [0.1, 0.15) is 19.3 Å². The van der Waals surface area contributed by atoms with Crippen molar-refractivity contribution in [1.29, 1.82) is 0 Å². The van der Waals surface area contributed by atoms with E-state index in [9.17, 15) is 13.2 Å². The maximum Gasteiger partial charge on any atom is 0.225 e. The van der Waals surface area contributed by atoms with E-state index in [1.807, 2.05) is 0 Å². The van der Waals surface area contributed by atoms with Gasteiger partial charge in [-0.15, -0.1) is 12.4 Å². The maximum atomic E-state index is 12.1. The number of carbonyl (C=O) groups is 1. The van der Waals surface area contributed by atoms with Gasteiger partial charge in [0, 0.05) is 25.8 Å². The lowest BCUT2D eigenvalue weighted by Gasteiger charge is -2.24. The highest BCUT2D eigenvalue weighted by Gasteiger charge is 2.33. The number of sulfone groups is 1. The van der Waals surface area contributed by atoms with Crippen LogP contribution in [0.4, 0.5) is 0 Å². The highest BCUT2D eigenvalue weighted by molar-refractivity contribution is 7.90. The molecule has 0 bridgehead atoms. The van der Waals surface area contributed by atoms with Gasteiger partial charge in [-0.2, -0.15) is 0 Å². The minimum absolute atomic E-state index is 0. The molecule has 1 aliphatic carbocycles. The Morgan fingerprint density at radius 3 is 2.50 bits per heavy atom. The Hall–Kier alpha value is -0.330. The van der Waals surface area contributed by atoms with Crippen molar-refractivity contribution in [3.63, 3.8) is 0 Å². The third-order valence-corrected chi connectivity index (χ3v) is 4.38. The Morgan fingerprint density at radius 1 is 1.39 bits per heavy atom. The van der Waals surface area contributed by atoms with E-state index in [4.69, 9.17) is 5.73 Å². The van der Waals surface area contributed by atoms with Gasteiger partial charge >= 0.3 is 0 Å². The van der Waals surface area contributed by atoms with Gasteiger partial charge in [-0.3, -0.25) is 4.79 Å². The van der Waals surface area contributed by atoms with Crippen molar-refractivity contribution in [2.75, 3.05) is 32.1 Å². The fourth-order valence-electron chi connectivity index (χ4n) is 2.34. The SMILES string of the molecule is CN(CCS(C)(=O)=O)C(=O)[C@@H]1CCC[C@@H]1CN.Cl. The normalized spacial score (nSPS) is 23.5. The molecule has 0 saturated heterocycles. The first-order chi connectivity index (χ1) is 7.85. The highest BCUT2D eigenvalue weighted by atomic mass is 35.5. The van der Waals surface area contributed by atoms with E-state index < -0.39 is 9.84 Å². The molecule has 0 aromatic carbocycles. The molecular weight excluding hydrogens is 276 g/mol. The van der Waals surface area contributed by atoms with Gasteiger partial charge in [-0.05, 0) is 25.3 Å². The second kappa shape index (κ2) is 7.31. The van der Waals surface area contributed by atoms with E-state index in [0.717, 1.165) is 19.3 Å². The largest absolute Gasteiger partial charge is 0.344 e. The van der Waals surface area contributed by atoms with Crippen LogP contribution in [0.25, 0.3) is 0 Å². The molecule has 5 nitrogen and oxygen atoms in total. The predicted molar refractivity (Wildman–Crippen MR) is 74.5 cm³/mol. The lowest BCUT2D eigenvalue weighted by Crippen LogP contribution is -2.38. The first kappa shape index (κ1) is 17.7. The number of amides is 1. The third-order valence-electron chi connectivity index (χ3n) is 3.45. The molecule has 1 fully saturated rings. The van der Waals surface area contributed by atoms with Crippen molar-refractivity contribution in [3.8, 4) is 0 Å². The number of carbonyl (C=O) groups excluding carboxylic acids is 1. The Morgan fingerprint density at radius 2 is 2.00 bits per heavy atom. The fraction of sp³-hybridized carbons (Fsp3) is 0.909. The number of rotatable bonds is 5. The van der Waals surface area contributed by atoms with Crippen LogP contribution in [-0.4, -0.2) is 51.4 Å². The van der Waals surface area contributed by atoms with Gasteiger partial charge < -0.3 is 10.6 Å². The summed E-state index contributed by atoms with van der Waals surface area (Å²) in [4.78, 5) is 13.6. The zero-order valence-corrected chi connectivity index (χ0v) is 12.6. The van der Waals surface area contributed by atoms with Crippen LogP contribution >= 0.6 is 12.4 Å². The molecule has 1 saturated carbocycles. The number of nitrogens with two attached hydrogens (primary N) is 1. The van der Waals surface area contributed by atoms with Gasteiger partial charge in [0.25, 0.3) is 0 Å². The zero-order chi connectivity index (χ0) is 13.1. The Kier molecular flexibility index (Phi) is 7.17. The maximum absolute atomic E-state index is 12.1. The summed E-state index contributed by atoms with van der Waals surface area (Å²) in [5.74, 6) is 0.323. The van der Waals surface area contributed by atoms with Crippen LogP contribution in [0.3, 0.4) is 0 Å². The van der Waals surface area contributed by atoms with Crippen molar-refractivity contribution in [2.45, 2.75) is 19.3 Å². The topological polar surface area (TPSA) is 80.5 Å². The van der Waals surface area contributed by atoms with E-state index in [-0.39, 0.29) is 42.4 Å². The molecule has 1 aliphatic rings. The lowest BCUT2D eigenvalue weighted by molar-refractivity contribution is -0.135. The summed E-state index contributed by atoms with van der Waals surface area (Å²) in [6.45, 7) is 0.807. The zero-order valence-electron chi connectivity index (χ0n) is 11.0. The Labute approximate surface area is 115 Å². The lowest BCUT2D eigenvalue weighted by atomic mass is 9.95. The monoisotopic (exact) mass is 298 g/mol. The van der Waals surface area contributed by atoms with Crippen LogP contribution in [-0.2, 0) is 14.6 Å². The van der Waals surface area contributed by atoms with Gasteiger partial charge in [0.15, 0.2) is 0 Å². The molecule has 0 spiro atoms. The van der Waals surface area contributed by atoms with Gasteiger partial charge in [0.1, 0.15) is 9.84 Å². The minimum atomic E-state index is -3.01. The number of hydrogen-bond donors (Lipinski definition) is 1. The van der Waals surface area contributed by atoms with E-state index >= 15 is 0 Å². The number of hydrogen-bond acceptors (Lipinski definition) is 4. The molecule has 0 radical (unpaired) electrons. The molecular formula is C11H23ClN2O3S. The number of halogens is 1. The average Bonchev–Trinajstić information content (AvgIpc) is 2.71. The average molecular weight is 299 g/mol. The third kappa shape index (κ3) is 5.12. The van der Waals surface area contributed by atoms with Crippen LogP contribution in [0.5, 0.6) is 0 Å². The summed E-state index contributed by atoms with van der Waals surface area (Å²) < 4.78 is 22.1. The molecule has 108 valence electrons. The molecule has 0 unspecified atom stereocenters. The van der Waals surface area contributed by atoms with Crippen molar-refractivity contribution in [2.24, 2.45) is 17.6 Å². The molecule has 0 aromatic heterocycles. The van der Waals surface area contributed by atoms with E-state index in [1.165, 1.54) is 11.2 Å². The minimum Gasteiger partial charge on any atom is -0.344 e. The molecule has 18 heavy (non-hydrogen) atoms. The van der Waals surface area contributed by atoms with Crippen LogP contribution < -0.4 is 5.73 Å². The Balaban J connectivity index is 0.00000289. The van der Waals surface area contributed by atoms with Gasteiger partial charge in [-0.25, -0.2) is 8.42 Å². The number of nitrogens with zero attached hydrogens (tertiary/aromatic N) is 1. The summed E-state index contributed by atoms with van der Waals surface area (Å²) in [5, 5.41) is 0. The molecule has 2 atom stereocenters. The van der Waals surface area contributed by atoms with Crippen molar-refractivity contribution < 1.29 is 13.2 Å². The van der Waals surface area contributed by atoms with Crippen LogP contribution in [0, 0.1) is 11.8 Å². The van der Waals surface area contributed by atoms with Crippen LogP contribution in [0.15, 0.2) is 0 Å². The molecule has 0 aliphatic heterocycles. The quantitative estimate of drug-likeness (QED) is 0.791. The van der Waals surface area contributed by atoms with Crippen molar-refractivity contribution in [1.82, 2.24) is 4.90 Å². The summed E-state index contributed by atoms with van der Waals surface area (Å²) in [5.41, 5.74) is 5.64. The first-order valence-corrected chi connectivity index (χ1v) is 8.04. The van der Waals surface area contributed by atoms with Crippen molar-refractivity contribution in [3.05, 3.63) is 0 Å². The first-order valence-electron chi connectivity index (χ1n) is 5.98. The second-order valence-corrected chi connectivity index (χ2v) is 7.18.